The summed E-state index contributed by atoms with van der Waals surface area (Å²) in [6.07, 6.45) is 20.4. The van der Waals surface area contributed by atoms with E-state index in [2.05, 4.69) is 68.2 Å². The zero-order chi connectivity index (χ0) is 34.9. The van der Waals surface area contributed by atoms with Crippen LogP contribution in [-0.2, 0) is 25.5 Å². The number of nitrogens with zero attached hydrogens (tertiary/aromatic N) is 1. The van der Waals surface area contributed by atoms with Crippen LogP contribution in [0.1, 0.15) is 139 Å². The SMILES string of the molecule is CCCCCCC1(CCCCCCCCCCC(O)CC(C)O)c2cc(C)ccc2-c2ccc(C)cc21.[Ir].[c-]1ccccc1-c1ccccn1. The van der Waals surface area contributed by atoms with Crippen molar-refractivity contribution in [3.05, 3.63) is 113 Å². The second-order valence-corrected chi connectivity index (χ2v) is 14.6. The van der Waals surface area contributed by atoms with Gasteiger partial charge in [0.2, 0.25) is 0 Å². The van der Waals surface area contributed by atoms with E-state index in [1.165, 1.54) is 106 Å². The van der Waals surface area contributed by atoms with E-state index in [4.69, 9.17) is 0 Å². The van der Waals surface area contributed by atoms with Crippen LogP contribution in [0.25, 0.3) is 22.4 Å². The summed E-state index contributed by atoms with van der Waals surface area (Å²) in [7, 11) is 0. The van der Waals surface area contributed by atoms with Gasteiger partial charge in [0.05, 0.1) is 12.2 Å². The number of aromatic nitrogens is 1. The molecule has 1 aliphatic carbocycles. The Morgan fingerprint density at radius 1 is 0.680 bits per heavy atom. The maximum atomic E-state index is 9.90. The van der Waals surface area contributed by atoms with Crippen molar-refractivity contribution in [3.8, 4) is 22.4 Å². The summed E-state index contributed by atoms with van der Waals surface area (Å²) in [6.45, 7) is 8.57. The minimum Gasteiger partial charge on any atom is -0.393 e. The van der Waals surface area contributed by atoms with Gasteiger partial charge in [-0.05, 0) is 80.5 Å². The number of pyridine rings is 1. The van der Waals surface area contributed by atoms with E-state index in [1.807, 2.05) is 42.5 Å². The average Bonchev–Trinajstić information content (AvgIpc) is 3.36. The number of unbranched alkanes of at least 4 members (excludes halogenated alkanes) is 10. The van der Waals surface area contributed by atoms with Crippen LogP contribution in [0, 0.1) is 19.9 Å². The summed E-state index contributed by atoms with van der Waals surface area (Å²) in [6, 6.07) is 31.2. The molecular weight excluding hydrogens is 791 g/mol. The molecule has 1 aliphatic rings. The van der Waals surface area contributed by atoms with Crippen molar-refractivity contribution in [1.29, 1.82) is 0 Å². The van der Waals surface area contributed by atoms with Crippen molar-refractivity contribution in [3.63, 3.8) is 0 Å². The number of aliphatic hydroxyl groups is 2. The standard InChI is InChI=1S/C35H54O2.C11H8N.Ir/c1-5-6-7-15-22-35(23-16-13-11-9-8-10-12-14-17-30(37)26-29(4)36)33-24-27(2)18-20-31(33)32-21-19-28(3)25-34(32)35;1-2-6-10(7-3-1)11-8-4-5-9-12-11;/h18-21,24-25,29-30,36-37H,5-17,22-23,26H2,1-4H3;1-6,8-9H;/q;-1;. The van der Waals surface area contributed by atoms with E-state index >= 15 is 0 Å². The third-order valence-electron chi connectivity index (χ3n) is 10.3. The fraction of sp³-hybridized carbons (Fsp3) is 0.500. The molecule has 0 saturated heterocycles. The topological polar surface area (TPSA) is 53.4 Å². The number of hydrogen-bond donors (Lipinski definition) is 2. The van der Waals surface area contributed by atoms with Crippen LogP contribution in [0.4, 0.5) is 0 Å². The van der Waals surface area contributed by atoms with E-state index in [9.17, 15) is 10.2 Å². The predicted molar refractivity (Wildman–Crippen MR) is 208 cm³/mol. The number of fused-ring (bicyclic) bond motifs is 3. The molecule has 1 radical (unpaired) electrons. The predicted octanol–water partition coefficient (Wildman–Crippen LogP) is 12.1. The number of rotatable bonds is 19. The smallest absolute Gasteiger partial charge is 0.0564 e. The zero-order valence-electron chi connectivity index (χ0n) is 31.2. The molecule has 1 heterocycles. The van der Waals surface area contributed by atoms with E-state index < -0.39 is 6.10 Å². The minimum atomic E-state index is -0.398. The van der Waals surface area contributed by atoms with Crippen molar-refractivity contribution >= 4 is 0 Å². The van der Waals surface area contributed by atoms with Crippen molar-refractivity contribution in [2.45, 2.75) is 148 Å². The summed E-state index contributed by atoms with van der Waals surface area (Å²) in [5.41, 5.74) is 11.1. The average molecular weight is 853 g/mol. The Labute approximate surface area is 317 Å². The minimum absolute atomic E-state index is 0. The first-order valence-electron chi connectivity index (χ1n) is 19.3. The molecule has 0 fully saturated rings. The van der Waals surface area contributed by atoms with Gasteiger partial charge in [0, 0.05) is 31.7 Å². The summed E-state index contributed by atoms with van der Waals surface area (Å²) in [5, 5.41) is 19.3. The normalized spacial score (nSPS) is 13.7. The molecule has 4 aromatic rings. The van der Waals surface area contributed by atoms with Gasteiger partial charge < -0.3 is 15.2 Å². The Morgan fingerprint density at radius 2 is 1.24 bits per heavy atom. The zero-order valence-corrected chi connectivity index (χ0v) is 33.6. The molecule has 0 bridgehead atoms. The van der Waals surface area contributed by atoms with E-state index in [-0.39, 0.29) is 31.6 Å². The summed E-state index contributed by atoms with van der Waals surface area (Å²) >= 11 is 0. The molecule has 0 amide bonds. The van der Waals surface area contributed by atoms with Crippen LogP contribution in [0.3, 0.4) is 0 Å². The van der Waals surface area contributed by atoms with Gasteiger partial charge in [-0.3, -0.25) is 0 Å². The molecule has 2 unspecified atom stereocenters. The maximum absolute atomic E-state index is 9.90. The first kappa shape index (κ1) is 41.8. The van der Waals surface area contributed by atoms with Crippen LogP contribution >= 0.6 is 0 Å². The van der Waals surface area contributed by atoms with Crippen molar-refractivity contribution < 1.29 is 30.3 Å². The van der Waals surface area contributed by atoms with Crippen molar-refractivity contribution in [1.82, 2.24) is 4.98 Å². The first-order chi connectivity index (χ1) is 23.8. The molecule has 1 aromatic heterocycles. The van der Waals surface area contributed by atoms with Crippen molar-refractivity contribution in [2.24, 2.45) is 0 Å². The maximum Gasteiger partial charge on any atom is 0.0564 e. The van der Waals surface area contributed by atoms with Crippen LogP contribution in [-0.4, -0.2) is 27.4 Å². The molecule has 5 rings (SSSR count). The Hall–Kier alpha value is -2.62. The molecule has 0 spiro atoms. The van der Waals surface area contributed by atoms with Gasteiger partial charge in [-0.1, -0.05) is 144 Å². The molecule has 0 saturated carbocycles. The Balaban J connectivity index is 0.000000434. The van der Waals surface area contributed by atoms with E-state index in [0.717, 1.165) is 24.1 Å². The fourth-order valence-corrected chi connectivity index (χ4v) is 7.69. The largest absolute Gasteiger partial charge is 0.393 e. The Morgan fingerprint density at radius 3 is 1.76 bits per heavy atom. The van der Waals surface area contributed by atoms with Crippen LogP contribution < -0.4 is 0 Å². The molecule has 50 heavy (non-hydrogen) atoms. The molecule has 273 valence electrons. The first-order valence-corrected chi connectivity index (χ1v) is 19.3. The summed E-state index contributed by atoms with van der Waals surface area (Å²) < 4.78 is 0. The summed E-state index contributed by atoms with van der Waals surface area (Å²) in [4.78, 5) is 4.22. The number of aryl methyl sites for hydroxylation is 2. The van der Waals surface area contributed by atoms with Gasteiger partial charge in [-0.15, -0.1) is 35.9 Å². The second-order valence-electron chi connectivity index (χ2n) is 14.6. The van der Waals surface area contributed by atoms with E-state index in [0.29, 0.717) is 6.42 Å². The number of benzene rings is 3. The van der Waals surface area contributed by atoms with Crippen LogP contribution in [0.15, 0.2) is 85.1 Å². The number of aliphatic hydroxyl groups excluding tert-OH is 2. The van der Waals surface area contributed by atoms with Gasteiger partial charge in [0.1, 0.15) is 0 Å². The van der Waals surface area contributed by atoms with Gasteiger partial charge >= 0.3 is 0 Å². The quantitative estimate of drug-likeness (QED) is 0.0730. The van der Waals surface area contributed by atoms with Crippen molar-refractivity contribution in [2.75, 3.05) is 0 Å². The molecule has 3 aromatic carbocycles. The van der Waals surface area contributed by atoms with Crippen LogP contribution in [0.5, 0.6) is 0 Å². The third-order valence-corrected chi connectivity index (χ3v) is 10.3. The van der Waals surface area contributed by atoms with Crippen LogP contribution in [0.2, 0.25) is 0 Å². The molecule has 3 nitrogen and oxygen atoms in total. The van der Waals surface area contributed by atoms with Gasteiger partial charge in [-0.2, -0.15) is 0 Å². The van der Waals surface area contributed by atoms with Gasteiger partial charge in [0.25, 0.3) is 0 Å². The van der Waals surface area contributed by atoms with E-state index in [1.54, 1.807) is 24.2 Å². The molecule has 0 aliphatic heterocycles. The van der Waals surface area contributed by atoms with Gasteiger partial charge in [0.15, 0.2) is 0 Å². The molecular formula is C46H62IrNO2-. The second kappa shape index (κ2) is 22.3. The van der Waals surface area contributed by atoms with Gasteiger partial charge in [-0.25, -0.2) is 0 Å². The molecule has 2 atom stereocenters. The molecule has 2 N–H and O–H groups in total. The number of hydrogen-bond acceptors (Lipinski definition) is 3. The molecule has 4 heteroatoms. The Bertz CT molecular complexity index is 1410. The summed E-state index contributed by atoms with van der Waals surface area (Å²) in [5.74, 6) is 0. The fourth-order valence-electron chi connectivity index (χ4n) is 7.69. The monoisotopic (exact) mass is 853 g/mol. The third kappa shape index (κ3) is 12.6. The Kier molecular flexibility index (Phi) is 18.7.